The van der Waals surface area contributed by atoms with Crippen molar-refractivity contribution in [1.82, 2.24) is 15.1 Å². The van der Waals surface area contributed by atoms with Gasteiger partial charge >= 0.3 is 0 Å². The summed E-state index contributed by atoms with van der Waals surface area (Å²) in [7, 11) is 0. The van der Waals surface area contributed by atoms with Gasteiger partial charge in [-0.3, -0.25) is 9.59 Å². The molecule has 0 aliphatic heterocycles. The number of carbonyl (C=O) groups is 2. The maximum absolute atomic E-state index is 13.2. The Labute approximate surface area is 149 Å². The lowest BCUT2D eigenvalue weighted by molar-refractivity contribution is -0.114. The zero-order valence-corrected chi connectivity index (χ0v) is 14.1. The summed E-state index contributed by atoms with van der Waals surface area (Å²) < 4.78 is 14.7. The summed E-state index contributed by atoms with van der Waals surface area (Å²) in [5.41, 5.74) is 1.50. The quantitative estimate of drug-likeness (QED) is 0.741. The fraction of sp³-hybridized carbons (Fsp3) is 0.105. The van der Waals surface area contributed by atoms with Gasteiger partial charge in [-0.25, -0.2) is 9.07 Å². The lowest BCUT2D eigenvalue weighted by atomic mass is 10.2. The Hall–Kier alpha value is -3.48. The van der Waals surface area contributed by atoms with Crippen LogP contribution in [-0.4, -0.2) is 21.6 Å². The van der Waals surface area contributed by atoms with Crippen molar-refractivity contribution in [2.45, 2.75) is 13.5 Å². The molecule has 0 spiro atoms. The van der Waals surface area contributed by atoms with Crippen molar-refractivity contribution < 1.29 is 14.0 Å². The summed E-state index contributed by atoms with van der Waals surface area (Å²) in [5.74, 6) is -0.665. The van der Waals surface area contributed by atoms with Crippen LogP contribution in [0.2, 0.25) is 0 Å². The summed E-state index contributed by atoms with van der Waals surface area (Å²) in [4.78, 5) is 23.8. The van der Waals surface area contributed by atoms with E-state index in [1.54, 1.807) is 12.1 Å². The summed E-state index contributed by atoms with van der Waals surface area (Å²) >= 11 is 0. The molecule has 3 rings (SSSR count). The molecule has 0 radical (unpaired) electrons. The molecule has 6 nitrogen and oxygen atoms in total. The number of nitrogens with one attached hydrogen (secondary N) is 2. The molecule has 1 aromatic heterocycles. The van der Waals surface area contributed by atoms with Crippen LogP contribution < -0.4 is 10.6 Å². The molecule has 2 N–H and O–H groups in total. The number of hydrogen-bond donors (Lipinski definition) is 2. The fourth-order valence-corrected chi connectivity index (χ4v) is 2.45. The third kappa shape index (κ3) is 4.13. The van der Waals surface area contributed by atoms with Gasteiger partial charge in [0.2, 0.25) is 5.91 Å². The van der Waals surface area contributed by atoms with E-state index >= 15 is 0 Å². The van der Waals surface area contributed by atoms with Gasteiger partial charge in [0, 0.05) is 19.5 Å². The highest BCUT2D eigenvalue weighted by molar-refractivity contribution is 5.95. The average molecular weight is 352 g/mol. The molecule has 0 saturated carbocycles. The predicted molar refractivity (Wildman–Crippen MR) is 95.4 cm³/mol. The monoisotopic (exact) mass is 352 g/mol. The summed E-state index contributed by atoms with van der Waals surface area (Å²) in [6, 6.07) is 16.6. The maximum atomic E-state index is 13.2. The number of carbonyl (C=O) groups excluding carboxylic acids is 2. The van der Waals surface area contributed by atoms with Crippen molar-refractivity contribution in [2.75, 3.05) is 5.32 Å². The Morgan fingerprint density at radius 2 is 1.85 bits per heavy atom. The van der Waals surface area contributed by atoms with Crippen LogP contribution in [0.25, 0.3) is 5.69 Å². The van der Waals surface area contributed by atoms with Gasteiger partial charge in [0.25, 0.3) is 5.91 Å². The highest BCUT2D eigenvalue weighted by Crippen LogP contribution is 2.17. The van der Waals surface area contributed by atoms with E-state index in [-0.39, 0.29) is 24.0 Å². The number of nitrogens with zero attached hydrogens (tertiary/aromatic N) is 2. The topological polar surface area (TPSA) is 76.0 Å². The number of anilines is 1. The van der Waals surface area contributed by atoms with Crippen LogP contribution in [0.15, 0.2) is 60.7 Å². The number of rotatable bonds is 5. The summed E-state index contributed by atoms with van der Waals surface area (Å²) in [6.45, 7) is 1.55. The average Bonchev–Trinajstić information content (AvgIpc) is 3.03. The molecule has 26 heavy (non-hydrogen) atoms. The first-order valence-electron chi connectivity index (χ1n) is 7.98. The minimum atomic E-state index is -0.421. The molecule has 132 valence electrons. The Morgan fingerprint density at radius 3 is 2.54 bits per heavy atom. The zero-order valence-electron chi connectivity index (χ0n) is 14.1. The molecule has 0 bridgehead atoms. The number of hydrogen-bond acceptors (Lipinski definition) is 3. The molecule has 0 aliphatic carbocycles. The van der Waals surface area contributed by atoms with Gasteiger partial charge < -0.3 is 10.6 Å². The van der Waals surface area contributed by atoms with Crippen LogP contribution in [-0.2, 0) is 11.3 Å². The van der Waals surface area contributed by atoms with Crippen molar-refractivity contribution in [1.29, 1.82) is 0 Å². The van der Waals surface area contributed by atoms with Crippen molar-refractivity contribution in [2.24, 2.45) is 0 Å². The number of halogens is 1. The van der Waals surface area contributed by atoms with E-state index < -0.39 is 5.91 Å². The number of benzene rings is 2. The largest absolute Gasteiger partial charge is 0.347 e. The van der Waals surface area contributed by atoms with E-state index in [4.69, 9.17) is 0 Å². The molecule has 2 aromatic carbocycles. The van der Waals surface area contributed by atoms with Crippen LogP contribution in [0.3, 0.4) is 0 Å². The second-order valence-corrected chi connectivity index (χ2v) is 5.66. The van der Waals surface area contributed by atoms with Gasteiger partial charge in [-0.15, -0.1) is 0 Å². The van der Waals surface area contributed by atoms with Crippen LogP contribution >= 0.6 is 0 Å². The Kier molecular flexibility index (Phi) is 5.07. The number of aromatic nitrogens is 2. The molecule has 0 atom stereocenters. The normalized spacial score (nSPS) is 10.4. The fourth-order valence-electron chi connectivity index (χ4n) is 2.45. The Morgan fingerprint density at radius 1 is 1.08 bits per heavy atom. The van der Waals surface area contributed by atoms with Gasteiger partial charge in [0.05, 0.1) is 5.69 Å². The zero-order chi connectivity index (χ0) is 18.5. The lowest BCUT2D eigenvalue weighted by Crippen LogP contribution is -2.23. The Bertz CT molecular complexity index is 938. The molecular weight excluding hydrogens is 335 g/mol. The first kappa shape index (κ1) is 17.3. The van der Waals surface area contributed by atoms with Crippen LogP contribution in [0, 0.1) is 5.82 Å². The van der Waals surface area contributed by atoms with Crippen molar-refractivity contribution in [3.8, 4) is 5.69 Å². The third-order valence-corrected chi connectivity index (χ3v) is 3.59. The van der Waals surface area contributed by atoms with Gasteiger partial charge in [-0.2, -0.15) is 5.10 Å². The summed E-state index contributed by atoms with van der Waals surface area (Å²) in [6.07, 6.45) is 0. The van der Waals surface area contributed by atoms with Gasteiger partial charge in [-0.1, -0.05) is 30.3 Å². The molecule has 1 heterocycles. The van der Waals surface area contributed by atoms with E-state index in [2.05, 4.69) is 15.7 Å². The molecule has 0 unspecified atom stereocenters. The first-order chi connectivity index (χ1) is 12.5. The highest BCUT2D eigenvalue weighted by Gasteiger charge is 2.16. The predicted octanol–water partition coefficient (Wildman–Crippen LogP) is 2.90. The van der Waals surface area contributed by atoms with E-state index in [9.17, 15) is 14.0 Å². The second kappa shape index (κ2) is 7.60. The third-order valence-electron chi connectivity index (χ3n) is 3.59. The minimum absolute atomic E-state index is 0.147. The molecule has 0 aliphatic rings. The van der Waals surface area contributed by atoms with Crippen LogP contribution in [0.4, 0.5) is 10.2 Å². The second-order valence-electron chi connectivity index (χ2n) is 5.66. The van der Waals surface area contributed by atoms with E-state index in [0.29, 0.717) is 17.1 Å². The highest BCUT2D eigenvalue weighted by atomic mass is 19.1. The molecule has 0 saturated heterocycles. The minimum Gasteiger partial charge on any atom is -0.347 e. The SMILES string of the molecule is CC(=O)Nc1cc(C(=O)NCc2cccc(F)c2)nn1-c1ccccc1. The van der Waals surface area contributed by atoms with Crippen molar-refractivity contribution in [3.05, 3.63) is 77.7 Å². The van der Waals surface area contributed by atoms with Gasteiger partial charge in [0.1, 0.15) is 11.6 Å². The maximum Gasteiger partial charge on any atom is 0.272 e. The first-order valence-corrected chi connectivity index (χ1v) is 7.98. The van der Waals surface area contributed by atoms with Crippen LogP contribution in [0.1, 0.15) is 23.0 Å². The van der Waals surface area contributed by atoms with Crippen molar-refractivity contribution in [3.63, 3.8) is 0 Å². The Balaban J connectivity index is 1.82. The smallest absolute Gasteiger partial charge is 0.272 e. The lowest BCUT2D eigenvalue weighted by Gasteiger charge is -2.06. The number of para-hydroxylation sites is 1. The molecule has 2 amide bonds. The van der Waals surface area contributed by atoms with Crippen molar-refractivity contribution >= 4 is 17.6 Å². The molecular formula is C19H17FN4O2. The van der Waals surface area contributed by atoms with Gasteiger partial charge in [0.15, 0.2) is 5.69 Å². The van der Waals surface area contributed by atoms with E-state index in [1.165, 1.54) is 29.8 Å². The van der Waals surface area contributed by atoms with E-state index in [1.807, 2.05) is 30.3 Å². The standard InChI is InChI=1S/C19H17FN4O2/c1-13(25)22-18-11-17(23-24(18)16-8-3-2-4-9-16)19(26)21-12-14-6-5-7-15(20)10-14/h2-11H,12H2,1H3,(H,21,26)(H,22,25). The number of amides is 2. The molecule has 3 aromatic rings. The summed E-state index contributed by atoms with van der Waals surface area (Å²) in [5, 5.41) is 9.63. The molecule has 7 heteroatoms. The van der Waals surface area contributed by atoms with Crippen LogP contribution in [0.5, 0.6) is 0 Å². The van der Waals surface area contributed by atoms with Gasteiger partial charge in [-0.05, 0) is 29.8 Å². The van der Waals surface area contributed by atoms with E-state index in [0.717, 1.165) is 0 Å². The molecule has 0 fully saturated rings.